The van der Waals surface area contributed by atoms with Crippen molar-refractivity contribution in [2.45, 2.75) is 36.0 Å². The van der Waals surface area contributed by atoms with Gasteiger partial charge in [-0.2, -0.15) is 0 Å². The third-order valence-corrected chi connectivity index (χ3v) is 3.44. The van der Waals surface area contributed by atoms with Crippen LogP contribution in [0.5, 0.6) is 0 Å². The molecule has 0 aliphatic rings. The van der Waals surface area contributed by atoms with E-state index < -0.39 is 18.2 Å². The van der Waals surface area contributed by atoms with Gasteiger partial charge < -0.3 is 9.33 Å². The molecule has 0 aliphatic carbocycles. The summed E-state index contributed by atoms with van der Waals surface area (Å²) in [7, 11) is 1.46. The number of halogens is 3. The summed E-state index contributed by atoms with van der Waals surface area (Å²) in [5.41, 5.74) is 0. The van der Waals surface area contributed by atoms with Crippen molar-refractivity contribution in [3.05, 3.63) is 0 Å². The zero-order valence-corrected chi connectivity index (χ0v) is 13.4. The lowest BCUT2D eigenvalue weighted by atomic mass is 10.2. The molecular formula is C9H18Cl3NO2Si. The first-order valence-corrected chi connectivity index (χ1v) is 9.42. The molecule has 0 N–H and O–H groups in total. The van der Waals surface area contributed by atoms with Gasteiger partial charge in [-0.05, 0) is 19.6 Å². The van der Waals surface area contributed by atoms with Gasteiger partial charge in [0.1, 0.15) is 6.10 Å². The molecule has 0 rings (SSSR count). The maximum atomic E-state index is 11.6. The van der Waals surface area contributed by atoms with Crippen molar-refractivity contribution in [3.63, 3.8) is 0 Å². The van der Waals surface area contributed by atoms with Gasteiger partial charge in [0, 0.05) is 14.1 Å². The molecule has 1 amide bonds. The summed E-state index contributed by atoms with van der Waals surface area (Å²) >= 11 is 17.4. The Labute approximate surface area is 113 Å². The van der Waals surface area contributed by atoms with E-state index in [1.165, 1.54) is 4.90 Å². The van der Waals surface area contributed by atoms with E-state index in [9.17, 15) is 4.79 Å². The number of nitrogens with zero attached hydrogens (tertiary/aromatic N) is 1. The van der Waals surface area contributed by atoms with E-state index in [2.05, 4.69) is 0 Å². The quantitative estimate of drug-likeness (QED) is 0.590. The highest BCUT2D eigenvalue weighted by Crippen LogP contribution is 2.35. The molecule has 7 heteroatoms. The number of amides is 1. The Hall–Kier alpha value is 0.517. The first-order valence-electron chi connectivity index (χ1n) is 4.88. The lowest BCUT2D eigenvalue weighted by Gasteiger charge is -2.31. The van der Waals surface area contributed by atoms with Crippen LogP contribution in [0.2, 0.25) is 19.6 Å². The van der Waals surface area contributed by atoms with Gasteiger partial charge in [-0.25, -0.2) is 0 Å². The lowest BCUT2D eigenvalue weighted by molar-refractivity contribution is -0.130. The van der Waals surface area contributed by atoms with Crippen molar-refractivity contribution in [2.24, 2.45) is 0 Å². The minimum Gasteiger partial charge on any atom is -0.410 e. The van der Waals surface area contributed by atoms with Crippen molar-refractivity contribution in [3.8, 4) is 0 Å². The van der Waals surface area contributed by atoms with E-state index in [0.29, 0.717) is 0 Å². The van der Waals surface area contributed by atoms with E-state index in [0.717, 1.165) is 0 Å². The SMILES string of the molecule is CN(C)C(=O)CC(O[Si](C)(C)C)C(Cl)(Cl)Cl. The van der Waals surface area contributed by atoms with Crippen LogP contribution in [0.25, 0.3) is 0 Å². The van der Waals surface area contributed by atoms with E-state index in [4.69, 9.17) is 39.2 Å². The first kappa shape index (κ1) is 16.5. The molecule has 3 nitrogen and oxygen atoms in total. The van der Waals surface area contributed by atoms with E-state index in [1.807, 2.05) is 19.6 Å². The highest BCUT2D eigenvalue weighted by Gasteiger charge is 2.38. The summed E-state index contributed by atoms with van der Waals surface area (Å²) in [4.78, 5) is 13.0. The van der Waals surface area contributed by atoms with E-state index in [1.54, 1.807) is 14.1 Å². The van der Waals surface area contributed by atoms with Crippen LogP contribution >= 0.6 is 34.8 Å². The van der Waals surface area contributed by atoms with Crippen LogP contribution in [0.3, 0.4) is 0 Å². The van der Waals surface area contributed by atoms with Crippen LogP contribution in [-0.2, 0) is 9.22 Å². The lowest BCUT2D eigenvalue weighted by Crippen LogP contribution is -2.42. The third kappa shape index (κ3) is 6.96. The summed E-state index contributed by atoms with van der Waals surface area (Å²) in [6, 6.07) is 0. The second kappa shape index (κ2) is 5.91. The standard InChI is InChI=1S/C9H18Cl3NO2Si/c1-13(2)8(14)6-7(9(10,11)12)15-16(3,4)5/h7H,6H2,1-5H3. The van der Waals surface area contributed by atoms with Gasteiger partial charge in [0.15, 0.2) is 8.32 Å². The Morgan fingerprint density at radius 1 is 1.31 bits per heavy atom. The minimum absolute atomic E-state index is 0.0772. The Morgan fingerprint density at radius 2 is 1.75 bits per heavy atom. The molecule has 0 aromatic heterocycles. The molecule has 1 unspecified atom stereocenters. The average molecular weight is 307 g/mol. The third-order valence-electron chi connectivity index (χ3n) is 1.72. The molecular weight excluding hydrogens is 289 g/mol. The Balaban J connectivity index is 4.65. The van der Waals surface area contributed by atoms with Crippen LogP contribution in [0.4, 0.5) is 0 Å². The molecule has 1 atom stereocenters. The molecule has 0 bridgehead atoms. The zero-order valence-electron chi connectivity index (χ0n) is 10.2. The smallest absolute Gasteiger partial charge is 0.224 e. The normalized spacial score (nSPS) is 14.8. The molecule has 96 valence electrons. The maximum Gasteiger partial charge on any atom is 0.224 e. The average Bonchev–Trinajstić information content (AvgIpc) is 1.98. The summed E-state index contributed by atoms with van der Waals surface area (Å²) in [5, 5.41) is 0. The van der Waals surface area contributed by atoms with Crippen molar-refractivity contribution in [1.29, 1.82) is 0 Å². The molecule has 0 spiro atoms. The summed E-state index contributed by atoms with van der Waals surface area (Å²) < 4.78 is 4.14. The molecule has 0 aromatic rings. The second-order valence-electron chi connectivity index (χ2n) is 4.75. The fourth-order valence-electron chi connectivity index (χ4n) is 0.992. The van der Waals surface area contributed by atoms with Gasteiger partial charge in [0.2, 0.25) is 9.70 Å². The topological polar surface area (TPSA) is 29.5 Å². The van der Waals surface area contributed by atoms with Gasteiger partial charge >= 0.3 is 0 Å². The zero-order chi connectivity index (χ0) is 13.1. The van der Waals surface area contributed by atoms with Gasteiger partial charge in [-0.15, -0.1) is 0 Å². The maximum absolute atomic E-state index is 11.6. The van der Waals surface area contributed by atoms with E-state index in [-0.39, 0.29) is 12.3 Å². The molecule has 0 aliphatic heterocycles. The monoisotopic (exact) mass is 305 g/mol. The fraction of sp³-hybridized carbons (Fsp3) is 0.889. The van der Waals surface area contributed by atoms with Gasteiger partial charge in [-0.3, -0.25) is 4.79 Å². The number of hydrogen-bond acceptors (Lipinski definition) is 2. The molecule has 0 heterocycles. The van der Waals surface area contributed by atoms with Crippen LogP contribution < -0.4 is 0 Å². The number of carbonyl (C=O) groups is 1. The second-order valence-corrected chi connectivity index (χ2v) is 11.6. The Kier molecular flexibility index (Phi) is 6.10. The highest BCUT2D eigenvalue weighted by atomic mass is 35.6. The Morgan fingerprint density at radius 3 is 2.00 bits per heavy atom. The van der Waals surface area contributed by atoms with Crippen LogP contribution in [0.1, 0.15) is 6.42 Å². The van der Waals surface area contributed by atoms with E-state index >= 15 is 0 Å². The van der Waals surface area contributed by atoms with Gasteiger partial charge in [0.05, 0.1) is 6.42 Å². The fourth-order valence-corrected chi connectivity index (χ4v) is 2.70. The Bertz CT molecular complexity index is 248. The summed E-state index contributed by atoms with van der Waals surface area (Å²) in [6.07, 6.45) is -0.618. The van der Waals surface area contributed by atoms with Crippen LogP contribution in [0.15, 0.2) is 0 Å². The minimum atomic E-state index is -1.86. The van der Waals surface area contributed by atoms with Crippen molar-refractivity contribution in [2.75, 3.05) is 14.1 Å². The number of carbonyl (C=O) groups excluding carboxylic acids is 1. The summed E-state index contributed by atoms with van der Waals surface area (Å²) in [5.74, 6) is -0.116. The predicted molar refractivity (Wildman–Crippen MR) is 71.8 cm³/mol. The number of rotatable bonds is 4. The predicted octanol–water partition coefficient (Wildman–Crippen LogP) is 3.06. The van der Waals surface area contributed by atoms with Crippen molar-refractivity contribution in [1.82, 2.24) is 4.90 Å². The number of alkyl halides is 3. The molecule has 0 saturated heterocycles. The number of hydrogen-bond donors (Lipinski definition) is 0. The molecule has 0 saturated carbocycles. The molecule has 0 fully saturated rings. The highest BCUT2D eigenvalue weighted by molar-refractivity contribution is 6.71. The van der Waals surface area contributed by atoms with Crippen molar-refractivity contribution >= 4 is 49.0 Å². The molecule has 0 radical (unpaired) electrons. The molecule has 0 aromatic carbocycles. The summed E-state index contributed by atoms with van der Waals surface area (Å²) in [6.45, 7) is 5.95. The largest absolute Gasteiger partial charge is 0.410 e. The van der Waals surface area contributed by atoms with Crippen LogP contribution in [-0.4, -0.2) is 43.1 Å². The van der Waals surface area contributed by atoms with Gasteiger partial charge in [-0.1, -0.05) is 34.8 Å². The van der Waals surface area contributed by atoms with Crippen molar-refractivity contribution < 1.29 is 9.22 Å². The molecule has 16 heavy (non-hydrogen) atoms. The first-order chi connectivity index (χ1) is 6.93. The van der Waals surface area contributed by atoms with Gasteiger partial charge in [0.25, 0.3) is 0 Å². The van der Waals surface area contributed by atoms with Crippen LogP contribution in [0, 0.1) is 0 Å².